The lowest BCUT2D eigenvalue weighted by atomic mass is 9.86. The van der Waals surface area contributed by atoms with Crippen LogP contribution in [-0.2, 0) is 10.0 Å². The summed E-state index contributed by atoms with van der Waals surface area (Å²) in [5.41, 5.74) is 0.360. The van der Waals surface area contributed by atoms with Crippen molar-refractivity contribution >= 4 is 33.3 Å². The molecule has 1 aliphatic heterocycles. The Morgan fingerprint density at radius 3 is 2.62 bits per heavy atom. The number of halogens is 1. The summed E-state index contributed by atoms with van der Waals surface area (Å²) < 4.78 is 33.5. The Balaban J connectivity index is 1.68. The van der Waals surface area contributed by atoms with Gasteiger partial charge in [-0.15, -0.1) is 0 Å². The third-order valence-electron chi connectivity index (χ3n) is 4.54. The van der Waals surface area contributed by atoms with Gasteiger partial charge in [-0.2, -0.15) is 0 Å². The maximum atomic E-state index is 12.6. The molecule has 0 atom stereocenters. The summed E-state index contributed by atoms with van der Waals surface area (Å²) in [6.07, 6.45) is 3.50. The Morgan fingerprint density at radius 1 is 1.12 bits per heavy atom. The number of ether oxygens (including phenoxy) is 1. The molecule has 1 heterocycles. The SMILES string of the molecule is O=S1(=O)NC(=NCC2CCC2)Nc2c(Oc3ccccc3Cl)cccc21. The summed E-state index contributed by atoms with van der Waals surface area (Å²) in [5, 5.41) is 3.50. The number of guanidine groups is 1. The number of nitrogens with zero attached hydrogens (tertiary/aromatic N) is 1. The minimum Gasteiger partial charge on any atom is -0.454 e. The zero-order chi connectivity index (χ0) is 18.1. The molecule has 0 aromatic heterocycles. The van der Waals surface area contributed by atoms with E-state index >= 15 is 0 Å². The number of rotatable bonds is 4. The lowest BCUT2D eigenvalue weighted by Crippen LogP contribution is -2.41. The van der Waals surface area contributed by atoms with Crippen molar-refractivity contribution in [1.29, 1.82) is 0 Å². The van der Waals surface area contributed by atoms with Crippen LogP contribution >= 0.6 is 11.6 Å². The summed E-state index contributed by atoms with van der Waals surface area (Å²) in [6, 6.07) is 11.9. The molecule has 2 N–H and O–H groups in total. The fourth-order valence-electron chi connectivity index (χ4n) is 2.88. The van der Waals surface area contributed by atoms with E-state index in [4.69, 9.17) is 16.3 Å². The van der Waals surface area contributed by atoms with Crippen LogP contribution in [0.2, 0.25) is 5.02 Å². The molecule has 2 aromatic rings. The molecule has 1 fully saturated rings. The van der Waals surface area contributed by atoms with E-state index in [1.807, 2.05) is 0 Å². The molecule has 136 valence electrons. The van der Waals surface area contributed by atoms with Crippen molar-refractivity contribution in [3.05, 3.63) is 47.5 Å². The molecule has 2 aromatic carbocycles. The van der Waals surface area contributed by atoms with E-state index in [1.54, 1.807) is 36.4 Å². The quantitative estimate of drug-likeness (QED) is 0.825. The first-order valence-corrected chi connectivity index (χ1v) is 10.3. The van der Waals surface area contributed by atoms with Crippen LogP contribution in [0.3, 0.4) is 0 Å². The highest BCUT2D eigenvalue weighted by atomic mass is 35.5. The average molecular weight is 392 g/mol. The third-order valence-corrected chi connectivity index (χ3v) is 6.23. The summed E-state index contributed by atoms with van der Waals surface area (Å²) in [5.74, 6) is 1.58. The van der Waals surface area contributed by atoms with Gasteiger partial charge in [-0.05, 0) is 43.0 Å². The monoisotopic (exact) mass is 391 g/mol. The lowest BCUT2D eigenvalue weighted by Gasteiger charge is -2.26. The van der Waals surface area contributed by atoms with Gasteiger partial charge in [-0.25, -0.2) is 13.1 Å². The van der Waals surface area contributed by atoms with Crippen LogP contribution in [-0.4, -0.2) is 20.9 Å². The molecular weight excluding hydrogens is 374 g/mol. The molecule has 0 bridgehead atoms. The van der Waals surface area contributed by atoms with Gasteiger partial charge >= 0.3 is 0 Å². The van der Waals surface area contributed by atoms with Crippen LogP contribution < -0.4 is 14.8 Å². The number of aliphatic imine (C=N–C) groups is 1. The normalized spacial score (nSPS) is 19.8. The number of benzene rings is 2. The number of sulfonamides is 1. The van der Waals surface area contributed by atoms with Crippen molar-refractivity contribution in [2.75, 3.05) is 11.9 Å². The minimum absolute atomic E-state index is 0.115. The fraction of sp³-hybridized carbons (Fsp3) is 0.278. The van der Waals surface area contributed by atoms with Gasteiger partial charge in [0.15, 0.2) is 5.75 Å². The lowest BCUT2D eigenvalue weighted by molar-refractivity contribution is 0.326. The molecule has 4 rings (SSSR count). The molecule has 0 amide bonds. The number of fused-ring (bicyclic) bond motifs is 1. The van der Waals surface area contributed by atoms with E-state index in [-0.39, 0.29) is 10.9 Å². The van der Waals surface area contributed by atoms with Gasteiger partial charge < -0.3 is 10.1 Å². The van der Waals surface area contributed by atoms with E-state index in [1.165, 1.54) is 12.5 Å². The van der Waals surface area contributed by atoms with Crippen LogP contribution in [0.4, 0.5) is 5.69 Å². The molecular formula is C18H18ClN3O3S. The number of nitrogens with one attached hydrogen (secondary N) is 2. The predicted molar refractivity (Wildman–Crippen MR) is 102 cm³/mol. The van der Waals surface area contributed by atoms with Crippen LogP contribution in [0.1, 0.15) is 19.3 Å². The van der Waals surface area contributed by atoms with Crippen molar-refractivity contribution in [2.45, 2.75) is 24.2 Å². The molecule has 0 saturated heterocycles. The van der Waals surface area contributed by atoms with Crippen LogP contribution in [0, 0.1) is 5.92 Å². The highest BCUT2D eigenvalue weighted by Gasteiger charge is 2.29. The van der Waals surface area contributed by atoms with E-state index in [9.17, 15) is 8.42 Å². The van der Waals surface area contributed by atoms with Gasteiger partial charge in [0, 0.05) is 6.54 Å². The van der Waals surface area contributed by atoms with Crippen LogP contribution in [0.25, 0.3) is 0 Å². The molecule has 0 unspecified atom stereocenters. The Bertz CT molecular complexity index is 971. The second kappa shape index (κ2) is 6.81. The molecule has 6 nitrogen and oxygen atoms in total. The zero-order valence-electron chi connectivity index (χ0n) is 13.9. The first-order chi connectivity index (χ1) is 12.5. The second-order valence-corrected chi connectivity index (χ2v) is 8.44. The third kappa shape index (κ3) is 3.37. The van der Waals surface area contributed by atoms with Gasteiger partial charge in [-0.3, -0.25) is 4.99 Å². The standard InChI is InChI=1S/C18H18ClN3O3S/c19-13-7-1-2-8-14(13)25-15-9-4-10-16-17(15)21-18(22-26(16,23)24)20-11-12-5-3-6-12/h1-2,4,7-10,12H,3,5-6,11H2,(H2,20,21,22). The average Bonchev–Trinajstić information content (AvgIpc) is 2.56. The van der Waals surface area contributed by atoms with Crippen molar-refractivity contribution in [3.63, 3.8) is 0 Å². The van der Waals surface area contributed by atoms with Gasteiger partial charge in [-0.1, -0.05) is 36.2 Å². The van der Waals surface area contributed by atoms with Crippen molar-refractivity contribution < 1.29 is 13.2 Å². The summed E-state index contributed by atoms with van der Waals surface area (Å²) in [7, 11) is -3.71. The van der Waals surface area contributed by atoms with E-state index in [0.29, 0.717) is 34.7 Å². The molecule has 8 heteroatoms. The molecule has 0 spiro atoms. The van der Waals surface area contributed by atoms with Crippen LogP contribution in [0.5, 0.6) is 11.5 Å². The van der Waals surface area contributed by atoms with Gasteiger partial charge in [0.25, 0.3) is 10.0 Å². The van der Waals surface area contributed by atoms with Crippen molar-refractivity contribution in [2.24, 2.45) is 10.9 Å². The highest BCUT2D eigenvalue weighted by molar-refractivity contribution is 7.90. The molecule has 0 radical (unpaired) electrons. The number of hydrogen-bond acceptors (Lipinski definition) is 4. The summed E-state index contributed by atoms with van der Waals surface area (Å²) in [4.78, 5) is 4.51. The molecule has 1 saturated carbocycles. The molecule has 2 aliphatic rings. The van der Waals surface area contributed by atoms with E-state index in [0.717, 1.165) is 12.8 Å². The molecule has 1 aliphatic carbocycles. The van der Waals surface area contributed by atoms with Crippen molar-refractivity contribution in [1.82, 2.24) is 4.72 Å². The Morgan fingerprint density at radius 2 is 1.88 bits per heavy atom. The number of hydrogen-bond donors (Lipinski definition) is 2. The van der Waals surface area contributed by atoms with Gasteiger partial charge in [0.1, 0.15) is 16.3 Å². The summed E-state index contributed by atoms with van der Waals surface area (Å²) in [6.45, 7) is 0.605. The fourth-order valence-corrected chi connectivity index (χ4v) is 4.22. The number of anilines is 1. The topological polar surface area (TPSA) is 79.8 Å². The first-order valence-electron chi connectivity index (χ1n) is 8.42. The Kier molecular flexibility index (Phi) is 4.50. The minimum atomic E-state index is -3.71. The molecule has 26 heavy (non-hydrogen) atoms. The Hall–Kier alpha value is -2.25. The zero-order valence-corrected chi connectivity index (χ0v) is 15.5. The highest BCUT2D eigenvalue weighted by Crippen LogP contribution is 2.38. The van der Waals surface area contributed by atoms with Crippen molar-refractivity contribution in [3.8, 4) is 11.5 Å². The maximum Gasteiger partial charge on any atom is 0.266 e. The van der Waals surface area contributed by atoms with Gasteiger partial charge in [0.2, 0.25) is 5.96 Å². The predicted octanol–water partition coefficient (Wildman–Crippen LogP) is 3.99. The smallest absolute Gasteiger partial charge is 0.266 e. The van der Waals surface area contributed by atoms with E-state index in [2.05, 4.69) is 15.0 Å². The van der Waals surface area contributed by atoms with Crippen LogP contribution in [0.15, 0.2) is 52.4 Å². The summed E-state index contributed by atoms with van der Waals surface area (Å²) >= 11 is 6.15. The van der Waals surface area contributed by atoms with Gasteiger partial charge in [0.05, 0.1) is 5.02 Å². The first kappa shape index (κ1) is 17.2. The maximum absolute atomic E-state index is 12.6. The number of para-hydroxylation sites is 2. The van der Waals surface area contributed by atoms with E-state index < -0.39 is 10.0 Å². The Labute approximate surface area is 157 Å². The second-order valence-electron chi connectivity index (χ2n) is 6.38. The largest absolute Gasteiger partial charge is 0.454 e.